The maximum Gasteiger partial charge on any atom is 0.181 e. The van der Waals surface area contributed by atoms with E-state index < -0.39 is 0 Å². The van der Waals surface area contributed by atoms with E-state index in [2.05, 4.69) is 11.9 Å². The van der Waals surface area contributed by atoms with E-state index in [1.165, 1.54) is 11.3 Å². The standard InChI is InChI=1S/C11H14N2OS/c1-3-6-14-8-5-4-7(2)9-10(8)15-11(12)13-9/h4-5H,3,6H2,1-2H3,(H2,12,13). The SMILES string of the molecule is CCCOc1ccc(C)c2nc(N)sc12. The number of hydrogen-bond donors (Lipinski definition) is 1. The Bertz CT molecular complexity index is 479. The van der Waals surface area contributed by atoms with Crippen molar-refractivity contribution in [3.8, 4) is 5.75 Å². The average molecular weight is 222 g/mol. The zero-order valence-electron chi connectivity index (χ0n) is 8.91. The Labute approximate surface area is 92.9 Å². The molecule has 0 spiro atoms. The molecule has 3 nitrogen and oxygen atoms in total. The van der Waals surface area contributed by atoms with E-state index in [4.69, 9.17) is 10.5 Å². The molecule has 0 fully saturated rings. The number of benzene rings is 1. The molecule has 0 amide bonds. The lowest BCUT2D eigenvalue weighted by Crippen LogP contribution is -1.95. The van der Waals surface area contributed by atoms with Gasteiger partial charge >= 0.3 is 0 Å². The molecule has 15 heavy (non-hydrogen) atoms. The summed E-state index contributed by atoms with van der Waals surface area (Å²) in [5.74, 6) is 0.895. The van der Waals surface area contributed by atoms with Crippen LogP contribution in [0.25, 0.3) is 10.2 Å². The third-order valence-electron chi connectivity index (χ3n) is 2.19. The van der Waals surface area contributed by atoms with Crippen LogP contribution in [-0.2, 0) is 0 Å². The van der Waals surface area contributed by atoms with Crippen LogP contribution >= 0.6 is 11.3 Å². The van der Waals surface area contributed by atoms with Crippen molar-refractivity contribution in [2.75, 3.05) is 12.3 Å². The molecule has 0 radical (unpaired) electrons. The van der Waals surface area contributed by atoms with E-state index >= 15 is 0 Å². The maximum atomic E-state index is 5.71. The highest BCUT2D eigenvalue weighted by Crippen LogP contribution is 2.34. The third-order valence-corrected chi connectivity index (χ3v) is 3.09. The van der Waals surface area contributed by atoms with Crippen molar-refractivity contribution >= 4 is 26.7 Å². The molecule has 1 heterocycles. The van der Waals surface area contributed by atoms with Gasteiger partial charge in [-0.05, 0) is 25.0 Å². The van der Waals surface area contributed by atoms with Crippen LogP contribution in [0.2, 0.25) is 0 Å². The lowest BCUT2D eigenvalue weighted by molar-refractivity contribution is 0.321. The molecular formula is C11H14N2OS. The maximum absolute atomic E-state index is 5.71. The minimum Gasteiger partial charge on any atom is -0.492 e. The average Bonchev–Trinajstić information content (AvgIpc) is 2.60. The molecule has 2 aromatic rings. The van der Waals surface area contributed by atoms with Crippen molar-refractivity contribution in [1.82, 2.24) is 4.98 Å². The van der Waals surface area contributed by atoms with Crippen LogP contribution in [0.1, 0.15) is 18.9 Å². The van der Waals surface area contributed by atoms with Gasteiger partial charge in [-0.25, -0.2) is 4.98 Å². The number of rotatable bonds is 3. The molecule has 80 valence electrons. The first-order valence-corrected chi connectivity index (χ1v) is 5.82. The summed E-state index contributed by atoms with van der Waals surface area (Å²) in [5, 5.41) is 0.598. The molecule has 0 atom stereocenters. The second-order valence-electron chi connectivity index (χ2n) is 3.46. The predicted octanol–water partition coefficient (Wildman–Crippen LogP) is 2.98. The Morgan fingerprint density at radius 1 is 1.47 bits per heavy atom. The first-order valence-electron chi connectivity index (χ1n) is 5.00. The zero-order valence-corrected chi connectivity index (χ0v) is 9.73. The van der Waals surface area contributed by atoms with Crippen LogP contribution in [0.3, 0.4) is 0 Å². The first-order chi connectivity index (χ1) is 7.22. The molecule has 0 aliphatic rings. The van der Waals surface area contributed by atoms with Gasteiger partial charge in [0.05, 0.1) is 16.8 Å². The van der Waals surface area contributed by atoms with Gasteiger partial charge in [-0.15, -0.1) is 0 Å². The summed E-state index contributed by atoms with van der Waals surface area (Å²) in [5.41, 5.74) is 7.81. The van der Waals surface area contributed by atoms with Crippen LogP contribution in [0.15, 0.2) is 12.1 Å². The fraction of sp³-hybridized carbons (Fsp3) is 0.364. The lowest BCUT2D eigenvalue weighted by Gasteiger charge is -2.05. The summed E-state index contributed by atoms with van der Waals surface area (Å²) in [6, 6.07) is 4.01. The second-order valence-corrected chi connectivity index (χ2v) is 4.49. The predicted molar refractivity (Wildman–Crippen MR) is 64.6 cm³/mol. The number of nitrogens with zero attached hydrogens (tertiary/aromatic N) is 1. The number of aryl methyl sites for hydroxylation is 1. The van der Waals surface area contributed by atoms with Crippen molar-refractivity contribution in [3.63, 3.8) is 0 Å². The summed E-state index contributed by atoms with van der Waals surface area (Å²) >= 11 is 1.49. The Morgan fingerprint density at radius 3 is 3.00 bits per heavy atom. The van der Waals surface area contributed by atoms with Crippen molar-refractivity contribution in [3.05, 3.63) is 17.7 Å². The normalized spacial score (nSPS) is 10.8. The molecule has 0 bridgehead atoms. The van der Waals surface area contributed by atoms with Crippen molar-refractivity contribution in [2.45, 2.75) is 20.3 Å². The van der Waals surface area contributed by atoms with Gasteiger partial charge in [0.15, 0.2) is 5.13 Å². The molecule has 1 aromatic heterocycles. The molecule has 0 saturated heterocycles. The summed E-state index contributed by atoms with van der Waals surface area (Å²) in [7, 11) is 0. The fourth-order valence-electron chi connectivity index (χ4n) is 1.45. The Kier molecular flexibility index (Phi) is 2.77. The van der Waals surface area contributed by atoms with Gasteiger partial charge in [-0.1, -0.05) is 24.3 Å². The van der Waals surface area contributed by atoms with E-state index in [9.17, 15) is 0 Å². The van der Waals surface area contributed by atoms with Crippen molar-refractivity contribution in [2.24, 2.45) is 0 Å². The number of thiazole rings is 1. The molecule has 2 rings (SSSR count). The highest BCUT2D eigenvalue weighted by atomic mass is 32.1. The topological polar surface area (TPSA) is 48.1 Å². The number of ether oxygens (including phenoxy) is 1. The molecular weight excluding hydrogens is 208 g/mol. The van der Waals surface area contributed by atoms with E-state index in [-0.39, 0.29) is 0 Å². The van der Waals surface area contributed by atoms with Crippen molar-refractivity contribution in [1.29, 1.82) is 0 Å². The summed E-state index contributed by atoms with van der Waals surface area (Å²) < 4.78 is 6.71. The van der Waals surface area contributed by atoms with Gasteiger partial charge in [0.2, 0.25) is 0 Å². The summed E-state index contributed by atoms with van der Waals surface area (Å²) in [4.78, 5) is 4.30. The van der Waals surface area contributed by atoms with E-state index in [0.717, 1.165) is 34.6 Å². The quantitative estimate of drug-likeness (QED) is 0.868. The minimum absolute atomic E-state index is 0.598. The Balaban J connectivity index is 2.50. The molecule has 0 aliphatic carbocycles. The number of fused-ring (bicyclic) bond motifs is 1. The Hall–Kier alpha value is -1.29. The van der Waals surface area contributed by atoms with Gasteiger partial charge in [0.25, 0.3) is 0 Å². The number of nitrogens with two attached hydrogens (primary N) is 1. The van der Waals surface area contributed by atoms with Crippen LogP contribution in [-0.4, -0.2) is 11.6 Å². The van der Waals surface area contributed by atoms with Crippen LogP contribution in [0.5, 0.6) is 5.75 Å². The zero-order chi connectivity index (χ0) is 10.8. The van der Waals surface area contributed by atoms with Crippen LogP contribution in [0, 0.1) is 6.92 Å². The molecule has 0 saturated carbocycles. The smallest absolute Gasteiger partial charge is 0.181 e. The highest BCUT2D eigenvalue weighted by molar-refractivity contribution is 7.22. The van der Waals surface area contributed by atoms with Gasteiger partial charge in [-0.2, -0.15) is 0 Å². The van der Waals surface area contributed by atoms with Gasteiger partial charge in [0, 0.05) is 0 Å². The molecule has 1 aromatic carbocycles. The fourth-order valence-corrected chi connectivity index (χ4v) is 2.33. The number of nitrogen functional groups attached to an aromatic ring is 1. The highest BCUT2D eigenvalue weighted by Gasteiger charge is 2.09. The van der Waals surface area contributed by atoms with Gasteiger partial charge in [0.1, 0.15) is 5.75 Å². The van der Waals surface area contributed by atoms with Crippen LogP contribution in [0.4, 0.5) is 5.13 Å². The third kappa shape index (κ3) is 1.90. The van der Waals surface area contributed by atoms with E-state index in [1.54, 1.807) is 0 Å². The minimum atomic E-state index is 0.598. The largest absolute Gasteiger partial charge is 0.492 e. The van der Waals surface area contributed by atoms with Gasteiger partial charge in [-0.3, -0.25) is 0 Å². The second kappa shape index (κ2) is 4.06. The number of anilines is 1. The lowest BCUT2D eigenvalue weighted by atomic mass is 10.2. The van der Waals surface area contributed by atoms with E-state index in [1.807, 2.05) is 19.1 Å². The van der Waals surface area contributed by atoms with Gasteiger partial charge < -0.3 is 10.5 Å². The monoisotopic (exact) mass is 222 g/mol. The summed E-state index contributed by atoms with van der Waals surface area (Å²) in [6.45, 7) is 4.85. The molecule has 2 N–H and O–H groups in total. The number of hydrogen-bond acceptors (Lipinski definition) is 4. The van der Waals surface area contributed by atoms with Crippen molar-refractivity contribution < 1.29 is 4.74 Å². The van der Waals surface area contributed by atoms with E-state index in [0.29, 0.717) is 5.13 Å². The number of aromatic nitrogens is 1. The Morgan fingerprint density at radius 2 is 2.27 bits per heavy atom. The molecule has 0 unspecified atom stereocenters. The van der Waals surface area contributed by atoms with Crippen LogP contribution < -0.4 is 10.5 Å². The molecule has 4 heteroatoms. The molecule has 0 aliphatic heterocycles. The summed E-state index contributed by atoms with van der Waals surface area (Å²) in [6.07, 6.45) is 1.00. The first kappa shape index (κ1) is 10.2.